The van der Waals surface area contributed by atoms with Crippen LogP contribution in [0.4, 0.5) is 0 Å². The number of hydrogen-bond acceptors (Lipinski definition) is 4. The predicted molar refractivity (Wildman–Crippen MR) is 88.4 cm³/mol. The first-order chi connectivity index (χ1) is 10.7. The van der Waals surface area contributed by atoms with Gasteiger partial charge in [-0.05, 0) is 41.8 Å². The van der Waals surface area contributed by atoms with E-state index in [2.05, 4.69) is 23.6 Å². The molecule has 110 valence electrons. The molecule has 1 heterocycles. The second-order valence-corrected chi connectivity index (χ2v) is 6.48. The highest BCUT2D eigenvalue weighted by Gasteiger charge is 2.26. The predicted octanol–water partition coefficient (Wildman–Crippen LogP) is 4.63. The summed E-state index contributed by atoms with van der Waals surface area (Å²) in [6.45, 7) is 0. The van der Waals surface area contributed by atoms with Crippen LogP contribution >= 0.6 is 11.3 Å². The molecule has 0 aliphatic heterocycles. The van der Waals surface area contributed by atoms with E-state index in [0.29, 0.717) is 11.5 Å². The van der Waals surface area contributed by atoms with Crippen molar-refractivity contribution in [1.82, 2.24) is 4.98 Å². The van der Waals surface area contributed by atoms with E-state index >= 15 is 0 Å². The number of fused-ring (bicyclic) bond motifs is 1. The van der Waals surface area contributed by atoms with E-state index in [9.17, 15) is 4.79 Å². The molecule has 0 unspecified atom stereocenters. The lowest BCUT2D eigenvalue weighted by atomic mass is 10.0. The van der Waals surface area contributed by atoms with Gasteiger partial charge in [-0.2, -0.15) is 0 Å². The van der Waals surface area contributed by atoms with Gasteiger partial charge in [0.25, 0.3) is 0 Å². The van der Waals surface area contributed by atoms with Crippen LogP contribution in [0.3, 0.4) is 0 Å². The molecule has 1 fully saturated rings. The summed E-state index contributed by atoms with van der Waals surface area (Å²) < 4.78 is 4.79. The van der Waals surface area contributed by atoms with Crippen molar-refractivity contribution in [3.8, 4) is 10.6 Å². The molecular weight excluding hydrogens is 294 g/mol. The van der Waals surface area contributed by atoms with E-state index in [1.54, 1.807) is 17.4 Å². The maximum Gasteiger partial charge on any atom is 0.337 e. The van der Waals surface area contributed by atoms with Crippen LogP contribution in [-0.2, 0) is 4.74 Å². The Morgan fingerprint density at radius 3 is 2.77 bits per heavy atom. The molecule has 4 rings (SSSR count). The van der Waals surface area contributed by atoms with Gasteiger partial charge in [0.1, 0.15) is 5.01 Å². The lowest BCUT2D eigenvalue weighted by Gasteiger charge is -2.04. The largest absolute Gasteiger partial charge is 0.465 e. The van der Waals surface area contributed by atoms with Crippen molar-refractivity contribution in [3.63, 3.8) is 0 Å². The number of nitrogens with zero attached hydrogens (tertiary/aromatic N) is 1. The first kappa shape index (κ1) is 13.5. The minimum absolute atomic E-state index is 0.308. The smallest absolute Gasteiger partial charge is 0.337 e. The van der Waals surface area contributed by atoms with E-state index in [-0.39, 0.29) is 5.97 Å². The minimum atomic E-state index is -0.308. The monoisotopic (exact) mass is 309 g/mol. The molecule has 1 aliphatic carbocycles. The van der Waals surface area contributed by atoms with E-state index in [1.807, 2.05) is 12.1 Å². The van der Waals surface area contributed by atoms with Gasteiger partial charge in [-0.25, -0.2) is 9.78 Å². The third-order valence-electron chi connectivity index (χ3n) is 4.03. The Morgan fingerprint density at radius 2 is 2.00 bits per heavy atom. The number of esters is 1. The highest BCUT2D eigenvalue weighted by molar-refractivity contribution is 7.13. The van der Waals surface area contributed by atoms with Crippen molar-refractivity contribution in [1.29, 1.82) is 0 Å². The fourth-order valence-electron chi connectivity index (χ4n) is 2.61. The minimum Gasteiger partial charge on any atom is -0.465 e. The lowest BCUT2D eigenvalue weighted by Crippen LogP contribution is -2.00. The number of aromatic nitrogens is 1. The van der Waals surface area contributed by atoms with Crippen LogP contribution in [0, 0.1) is 0 Å². The first-order valence-corrected chi connectivity index (χ1v) is 8.20. The number of ether oxygens (including phenoxy) is 1. The molecule has 3 nitrogen and oxygen atoms in total. The first-order valence-electron chi connectivity index (χ1n) is 7.32. The summed E-state index contributed by atoms with van der Waals surface area (Å²) in [6, 6.07) is 11.9. The van der Waals surface area contributed by atoms with E-state index in [0.717, 1.165) is 21.3 Å². The second kappa shape index (κ2) is 5.21. The fraction of sp³-hybridized carbons (Fsp3) is 0.222. The second-order valence-electron chi connectivity index (χ2n) is 5.62. The van der Waals surface area contributed by atoms with Crippen molar-refractivity contribution in [2.75, 3.05) is 7.11 Å². The Labute approximate surface area is 132 Å². The van der Waals surface area contributed by atoms with Crippen LogP contribution in [0.15, 0.2) is 41.8 Å². The summed E-state index contributed by atoms with van der Waals surface area (Å²) in [5, 5.41) is 5.36. The van der Waals surface area contributed by atoms with Gasteiger partial charge in [0.05, 0.1) is 18.4 Å². The van der Waals surface area contributed by atoms with Gasteiger partial charge in [0.15, 0.2) is 0 Å². The maximum atomic E-state index is 11.7. The summed E-state index contributed by atoms with van der Waals surface area (Å²) in [6.07, 6.45) is 2.53. The number of carbonyl (C=O) groups is 1. The van der Waals surface area contributed by atoms with Crippen molar-refractivity contribution in [2.24, 2.45) is 0 Å². The Bertz CT molecular complexity index is 864. The van der Waals surface area contributed by atoms with Crippen LogP contribution in [0.25, 0.3) is 21.3 Å². The van der Waals surface area contributed by atoms with Crippen LogP contribution in [0.1, 0.15) is 34.8 Å². The molecule has 4 heteroatoms. The molecule has 0 spiro atoms. The summed E-state index contributed by atoms with van der Waals surface area (Å²) >= 11 is 1.69. The average Bonchev–Trinajstić information content (AvgIpc) is 3.30. The molecule has 0 amide bonds. The van der Waals surface area contributed by atoms with Gasteiger partial charge in [0.2, 0.25) is 0 Å². The lowest BCUT2D eigenvalue weighted by molar-refractivity contribution is 0.0601. The summed E-state index contributed by atoms with van der Waals surface area (Å²) in [7, 11) is 1.40. The highest BCUT2D eigenvalue weighted by Crippen LogP contribution is 2.41. The Balaban J connectivity index is 1.75. The van der Waals surface area contributed by atoms with Gasteiger partial charge in [0, 0.05) is 16.9 Å². The molecule has 1 saturated carbocycles. The van der Waals surface area contributed by atoms with E-state index in [1.165, 1.54) is 25.6 Å². The zero-order valence-electron chi connectivity index (χ0n) is 12.2. The van der Waals surface area contributed by atoms with Crippen LogP contribution in [0.5, 0.6) is 0 Å². The van der Waals surface area contributed by atoms with Gasteiger partial charge >= 0.3 is 5.97 Å². The molecule has 22 heavy (non-hydrogen) atoms. The maximum absolute atomic E-state index is 11.7. The SMILES string of the molecule is COC(=O)c1ccc2ccc(-c3nc(C4CC4)cs3)cc2c1. The molecule has 1 aliphatic rings. The molecular formula is C18H15NO2S. The zero-order chi connectivity index (χ0) is 15.1. The number of carbonyl (C=O) groups excluding carboxylic acids is 1. The summed E-state index contributed by atoms with van der Waals surface area (Å²) in [5.41, 5.74) is 2.90. The summed E-state index contributed by atoms with van der Waals surface area (Å²) in [5.74, 6) is 0.369. The van der Waals surface area contributed by atoms with Gasteiger partial charge in [-0.3, -0.25) is 0 Å². The molecule has 3 aromatic rings. The number of hydrogen-bond donors (Lipinski definition) is 0. The van der Waals surface area contributed by atoms with Crippen LogP contribution in [0.2, 0.25) is 0 Å². The van der Waals surface area contributed by atoms with Crippen molar-refractivity contribution < 1.29 is 9.53 Å². The molecule has 0 radical (unpaired) electrons. The molecule has 1 aromatic heterocycles. The molecule has 2 aromatic carbocycles. The standard InChI is InChI=1S/C18H15NO2S/c1-21-18(20)14-7-3-11-2-6-13(8-15(11)9-14)17-19-16(10-22-17)12-4-5-12/h2-3,6-10,12H,4-5H2,1H3. The normalized spacial score (nSPS) is 14.2. The Morgan fingerprint density at radius 1 is 1.18 bits per heavy atom. The number of methoxy groups -OCH3 is 1. The van der Waals surface area contributed by atoms with Crippen LogP contribution < -0.4 is 0 Å². The number of benzene rings is 2. The topological polar surface area (TPSA) is 39.2 Å². The van der Waals surface area contributed by atoms with Gasteiger partial charge in [-0.15, -0.1) is 11.3 Å². The number of rotatable bonds is 3. The third-order valence-corrected chi connectivity index (χ3v) is 4.94. The summed E-state index contributed by atoms with van der Waals surface area (Å²) in [4.78, 5) is 16.4. The van der Waals surface area contributed by atoms with E-state index in [4.69, 9.17) is 9.72 Å². The quantitative estimate of drug-likeness (QED) is 0.662. The average molecular weight is 309 g/mol. The Kier molecular flexibility index (Phi) is 3.19. The van der Waals surface area contributed by atoms with Crippen LogP contribution in [-0.4, -0.2) is 18.1 Å². The Hall–Kier alpha value is -2.20. The molecule has 0 bridgehead atoms. The van der Waals surface area contributed by atoms with E-state index < -0.39 is 0 Å². The fourth-order valence-corrected chi connectivity index (χ4v) is 3.51. The molecule has 0 N–H and O–H groups in total. The van der Waals surface area contributed by atoms with Gasteiger partial charge < -0.3 is 4.74 Å². The molecule has 0 atom stereocenters. The van der Waals surface area contributed by atoms with Gasteiger partial charge in [-0.1, -0.05) is 18.2 Å². The van der Waals surface area contributed by atoms with Crippen molar-refractivity contribution in [3.05, 3.63) is 53.0 Å². The van der Waals surface area contributed by atoms with Crippen molar-refractivity contribution in [2.45, 2.75) is 18.8 Å². The van der Waals surface area contributed by atoms with Crippen molar-refractivity contribution >= 4 is 28.1 Å². The zero-order valence-corrected chi connectivity index (χ0v) is 13.0. The highest BCUT2D eigenvalue weighted by atomic mass is 32.1. The third kappa shape index (κ3) is 2.40. The number of thiazole rings is 1. The molecule has 0 saturated heterocycles.